The molecule has 0 heterocycles. The first-order valence-electron chi connectivity index (χ1n) is 6.29. The van der Waals surface area contributed by atoms with Crippen molar-refractivity contribution in [3.05, 3.63) is 77.3 Å². The summed E-state index contributed by atoms with van der Waals surface area (Å²) in [6, 6.07) is 5.33. The standard InChI is InChI=1S/C13H6ClN3O8/c14-11-6-8(15(19)20)1-2-12(11)25-13(18)7-3-9(16(21)22)5-10(4-7)17(23)24/h1-6H. The summed E-state index contributed by atoms with van der Waals surface area (Å²) in [6.45, 7) is 0. The fourth-order valence-electron chi connectivity index (χ4n) is 1.77. The van der Waals surface area contributed by atoms with E-state index in [-0.39, 0.29) is 16.5 Å². The van der Waals surface area contributed by atoms with Gasteiger partial charge in [-0.15, -0.1) is 0 Å². The number of rotatable bonds is 5. The third-order valence-corrected chi connectivity index (χ3v) is 3.18. The zero-order valence-electron chi connectivity index (χ0n) is 11.9. The van der Waals surface area contributed by atoms with Gasteiger partial charge in [-0.3, -0.25) is 30.3 Å². The lowest BCUT2D eigenvalue weighted by Gasteiger charge is -2.06. The Morgan fingerprint density at radius 2 is 1.36 bits per heavy atom. The summed E-state index contributed by atoms with van der Waals surface area (Å²) >= 11 is 5.77. The third kappa shape index (κ3) is 4.03. The van der Waals surface area contributed by atoms with Crippen LogP contribution >= 0.6 is 11.6 Å². The van der Waals surface area contributed by atoms with Crippen LogP contribution in [-0.4, -0.2) is 20.7 Å². The summed E-state index contributed by atoms with van der Waals surface area (Å²) in [7, 11) is 0. The molecule has 0 spiro atoms. The first-order chi connectivity index (χ1) is 11.7. The van der Waals surface area contributed by atoms with E-state index in [2.05, 4.69) is 0 Å². The Kier molecular flexibility index (Phi) is 4.89. The van der Waals surface area contributed by atoms with Crippen molar-refractivity contribution < 1.29 is 24.3 Å². The summed E-state index contributed by atoms with van der Waals surface area (Å²) in [5.41, 5.74) is -2.13. The number of halogens is 1. The van der Waals surface area contributed by atoms with Crippen molar-refractivity contribution in [2.24, 2.45) is 0 Å². The minimum absolute atomic E-state index is 0.244. The molecule has 0 N–H and O–H groups in total. The summed E-state index contributed by atoms with van der Waals surface area (Å²) in [4.78, 5) is 41.8. The minimum atomic E-state index is -1.15. The van der Waals surface area contributed by atoms with Crippen molar-refractivity contribution in [3.8, 4) is 5.75 Å². The van der Waals surface area contributed by atoms with Crippen LogP contribution in [0.4, 0.5) is 17.1 Å². The Labute approximate surface area is 142 Å². The van der Waals surface area contributed by atoms with Crippen LogP contribution in [0.3, 0.4) is 0 Å². The number of hydrogen-bond donors (Lipinski definition) is 0. The number of non-ortho nitro benzene ring substituents is 3. The average Bonchev–Trinajstić information content (AvgIpc) is 2.55. The van der Waals surface area contributed by atoms with E-state index in [4.69, 9.17) is 16.3 Å². The predicted octanol–water partition coefficient (Wildman–Crippen LogP) is 3.28. The van der Waals surface area contributed by atoms with Crippen LogP contribution < -0.4 is 4.74 Å². The van der Waals surface area contributed by atoms with Gasteiger partial charge in [0.2, 0.25) is 0 Å². The lowest BCUT2D eigenvalue weighted by molar-refractivity contribution is -0.394. The van der Waals surface area contributed by atoms with Gasteiger partial charge in [-0.2, -0.15) is 0 Å². The Morgan fingerprint density at radius 3 is 1.80 bits per heavy atom. The maximum Gasteiger partial charge on any atom is 0.344 e. The molecule has 0 amide bonds. The van der Waals surface area contributed by atoms with Gasteiger partial charge in [0.25, 0.3) is 17.1 Å². The second-order valence-corrected chi connectivity index (χ2v) is 4.92. The largest absolute Gasteiger partial charge is 0.421 e. The number of nitro benzene ring substituents is 3. The molecule has 128 valence electrons. The molecule has 0 radical (unpaired) electrons. The van der Waals surface area contributed by atoms with E-state index in [0.29, 0.717) is 6.07 Å². The molecule has 0 saturated heterocycles. The molecule has 0 saturated carbocycles. The smallest absolute Gasteiger partial charge is 0.344 e. The van der Waals surface area contributed by atoms with Crippen molar-refractivity contribution in [2.45, 2.75) is 0 Å². The molecule has 0 unspecified atom stereocenters. The molecule has 11 nitrogen and oxygen atoms in total. The van der Waals surface area contributed by atoms with E-state index in [1.807, 2.05) is 0 Å². The Hall–Kier alpha value is -3.60. The molecule has 0 aliphatic heterocycles. The highest BCUT2D eigenvalue weighted by atomic mass is 35.5. The summed E-state index contributed by atoms with van der Waals surface area (Å²) < 4.78 is 4.90. The fourth-order valence-corrected chi connectivity index (χ4v) is 1.98. The predicted molar refractivity (Wildman–Crippen MR) is 82.8 cm³/mol. The van der Waals surface area contributed by atoms with E-state index >= 15 is 0 Å². The van der Waals surface area contributed by atoms with E-state index in [1.54, 1.807) is 0 Å². The van der Waals surface area contributed by atoms with Crippen molar-refractivity contribution in [2.75, 3.05) is 0 Å². The van der Waals surface area contributed by atoms with Gasteiger partial charge >= 0.3 is 5.97 Å². The van der Waals surface area contributed by atoms with Gasteiger partial charge in [-0.05, 0) is 6.07 Å². The highest BCUT2D eigenvalue weighted by Crippen LogP contribution is 2.30. The van der Waals surface area contributed by atoms with E-state index in [9.17, 15) is 35.1 Å². The summed E-state index contributed by atoms with van der Waals surface area (Å²) in [6.07, 6.45) is 0. The van der Waals surface area contributed by atoms with E-state index in [1.165, 1.54) is 0 Å². The van der Waals surface area contributed by atoms with Crippen LogP contribution in [0.5, 0.6) is 5.75 Å². The fraction of sp³-hybridized carbons (Fsp3) is 0. The van der Waals surface area contributed by atoms with Crippen molar-refractivity contribution >= 4 is 34.6 Å². The lowest BCUT2D eigenvalue weighted by Crippen LogP contribution is -2.10. The number of hydrogen-bond acceptors (Lipinski definition) is 8. The van der Waals surface area contributed by atoms with E-state index < -0.39 is 37.7 Å². The average molecular weight is 368 g/mol. The maximum absolute atomic E-state index is 12.1. The Bertz CT molecular complexity index is 882. The first-order valence-corrected chi connectivity index (χ1v) is 6.67. The molecule has 0 aliphatic rings. The molecule has 0 aromatic heterocycles. The monoisotopic (exact) mass is 367 g/mol. The Balaban J connectivity index is 2.36. The number of carbonyl (C=O) groups is 1. The van der Waals surface area contributed by atoms with Crippen LogP contribution in [0.1, 0.15) is 10.4 Å². The van der Waals surface area contributed by atoms with Gasteiger partial charge in [0.15, 0.2) is 0 Å². The molecule has 0 atom stereocenters. The molecule has 2 aromatic carbocycles. The summed E-state index contributed by atoms with van der Waals surface area (Å²) in [5.74, 6) is -1.39. The highest BCUT2D eigenvalue weighted by Gasteiger charge is 2.22. The second-order valence-electron chi connectivity index (χ2n) is 4.51. The van der Waals surface area contributed by atoms with Crippen LogP contribution in [-0.2, 0) is 0 Å². The first kappa shape index (κ1) is 17.7. The number of nitro groups is 3. The number of ether oxygens (including phenoxy) is 1. The van der Waals surface area contributed by atoms with Gasteiger partial charge in [-0.25, -0.2) is 4.79 Å². The molecule has 0 aliphatic carbocycles. The maximum atomic E-state index is 12.1. The SMILES string of the molecule is O=C(Oc1ccc([N+](=O)[O-])cc1Cl)c1cc([N+](=O)[O-])cc([N+](=O)[O-])c1. The van der Waals surface area contributed by atoms with Crippen LogP contribution in [0.25, 0.3) is 0 Å². The van der Waals surface area contributed by atoms with Crippen molar-refractivity contribution in [1.29, 1.82) is 0 Å². The highest BCUT2D eigenvalue weighted by molar-refractivity contribution is 6.32. The zero-order valence-corrected chi connectivity index (χ0v) is 12.7. The summed E-state index contributed by atoms with van der Waals surface area (Å²) in [5, 5.41) is 32.0. The Morgan fingerprint density at radius 1 is 0.840 bits per heavy atom. The third-order valence-electron chi connectivity index (χ3n) is 2.89. The van der Waals surface area contributed by atoms with Gasteiger partial charge < -0.3 is 4.74 Å². The molecule has 12 heteroatoms. The van der Waals surface area contributed by atoms with Gasteiger partial charge in [0, 0.05) is 24.3 Å². The normalized spacial score (nSPS) is 10.1. The van der Waals surface area contributed by atoms with Crippen molar-refractivity contribution in [3.63, 3.8) is 0 Å². The molecule has 0 fully saturated rings. The van der Waals surface area contributed by atoms with Crippen LogP contribution in [0.2, 0.25) is 5.02 Å². The number of benzene rings is 2. The molecule has 2 aromatic rings. The molecule has 0 bridgehead atoms. The second kappa shape index (κ2) is 6.88. The van der Waals surface area contributed by atoms with Gasteiger partial charge in [-0.1, -0.05) is 11.6 Å². The molecular weight excluding hydrogens is 362 g/mol. The van der Waals surface area contributed by atoms with Crippen molar-refractivity contribution in [1.82, 2.24) is 0 Å². The van der Waals surface area contributed by atoms with E-state index in [0.717, 1.165) is 30.3 Å². The minimum Gasteiger partial charge on any atom is -0.421 e. The lowest BCUT2D eigenvalue weighted by atomic mass is 10.2. The topological polar surface area (TPSA) is 156 Å². The van der Waals surface area contributed by atoms with Crippen LogP contribution in [0.15, 0.2) is 36.4 Å². The zero-order chi connectivity index (χ0) is 18.7. The van der Waals surface area contributed by atoms with Crippen LogP contribution in [0, 0.1) is 30.3 Å². The van der Waals surface area contributed by atoms with Gasteiger partial charge in [0.1, 0.15) is 5.75 Å². The number of esters is 1. The molecule has 2 rings (SSSR count). The van der Waals surface area contributed by atoms with Gasteiger partial charge in [0.05, 0.1) is 31.4 Å². The molecule has 25 heavy (non-hydrogen) atoms. The quantitative estimate of drug-likeness (QED) is 0.337. The number of nitrogens with zero attached hydrogens (tertiary/aromatic N) is 3. The molecular formula is C13H6ClN3O8. The number of carbonyl (C=O) groups excluding carboxylic acids is 1.